The molecule has 0 spiro atoms. The summed E-state index contributed by atoms with van der Waals surface area (Å²) in [4.78, 5) is 32.0. The molecule has 2 fully saturated rings. The first kappa shape index (κ1) is 23.9. The van der Waals surface area contributed by atoms with Gasteiger partial charge < -0.3 is 18.9 Å². The highest BCUT2D eigenvalue weighted by Gasteiger charge is 2.39. The molecular formula is C29H31N3O4. The Hall–Kier alpha value is -3.87. The third kappa shape index (κ3) is 4.53. The van der Waals surface area contributed by atoms with E-state index in [9.17, 15) is 9.59 Å². The summed E-state index contributed by atoms with van der Waals surface area (Å²) in [5.41, 5.74) is 5.16. The molecule has 7 heteroatoms. The first-order chi connectivity index (χ1) is 17.5. The Labute approximate surface area is 211 Å². The van der Waals surface area contributed by atoms with E-state index in [2.05, 4.69) is 9.88 Å². The smallest absolute Gasteiger partial charge is 0.337 e. The number of methoxy groups -OCH3 is 2. The monoisotopic (exact) mass is 485 g/mol. The van der Waals surface area contributed by atoms with E-state index in [1.54, 1.807) is 25.6 Å². The number of hydrogen-bond donors (Lipinski definition) is 0. The van der Waals surface area contributed by atoms with Gasteiger partial charge in [-0.15, -0.1) is 0 Å². The van der Waals surface area contributed by atoms with Crippen LogP contribution in [0, 0.1) is 6.92 Å². The third-order valence-corrected chi connectivity index (χ3v) is 7.25. The van der Waals surface area contributed by atoms with E-state index in [4.69, 9.17) is 9.47 Å². The molecule has 1 aromatic heterocycles. The van der Waals surface area contributed by atoms with Crippen LogP contribution in [0.5, 0.6) is 5.75 Å². The van der Waals surface area contributed by atoms with Crippen LogP contribution in [0.2, 0.25) is 0 Å². The van der Waals surface area contributed by atoms with E-state index in [1.807, 2.05) is 54.1 Å². The normalized spacial score (nSPS) is 20.8. The fourth-order valence-corrected chi connectivity index (χ4v) is 5.44. The van der Waals surface area contributed by atoms with E-state index in [0.717, 1.165) is 65.9 Å². The Morgan fingerprint density at radius 3 is 2.58 bits per heavy atom. The van der Waals surface area contributed by atoms with Crippen LogP contribution >= 0.6 is 0 Å². The van der Waals surface area contributed by atoms with Crippen molar-refractivity contribution in [3.05, 3.63) is 82.9 Å². The molecule has 186 valence electrons. The molecule has 1 amide bonds. The van der Waals surface area contributed by atoms with Crippen LogP contribution in [-0.2, 0) is 9.53 Å². The highest BCUT2D eigenvalue weighted by Crippen LogP contribution is 2.41. The van der Waals surface area contributed by atoms with Crippen molar-refractivity contribution < 1.29 is 19.1 Å². The van der Waals surface area contributed by atoms with Crippen molar-refractivity contribution in [3.63, 3.8) is 0 Å². The van der Waals surface area contributed by atoms with Crippen molar-refractivity contribution in [2.75, 3.05) is 14.2 Å². The SMILES string of the molecule is COC(=O)c1ccc([C@@H]2CCC[C@@H]3CCC(=Cc4ccc(-n5cnc(C)c5)c(OC)c4)C(=O)N32)cc1. The zero-order valence-electron chi connectivity index (χ0n) is 20.9. The van der Waals surface area contributed by atoms with E-state index in [-0.39, 0.29) is 24.0 Å². The van der Waals surface area contributed by atoms with E-state index in [1.165, 1.54) is 7.11 Å². The number of piperidine rings is 2. The van der Waals surface area contributed by atoms with Crippen LogP contribution in [0.4, 0.5) is 0 Å². The fourth-order valence-electron chi connectivity index (χ4n) is 5.44. The van der Waals surface area contributed by atoms with Crippen molar-refractivity contribution in [3.8, 4) is 11.4 Å². The van der Waals surface area contributed by atoms with Gasteiger partial charge in [-0.3, -0.25) is 4.79 Å². The van der Waals surface area contributed by atoms with Crippen LogP contribution in [-0.4, -0.2) is 46.6 Å². The number of nitrogens with zero attached hydrogens (tertiary/aromatic N) is 3. The zero-order chi connectivity index (χ0) is 25.2. The molecule has 2 aliphatic rings. The first-order valence-electron chi connectivity index (χ1n) is 12.4. The number of aromatic nitrogens is 2. The average molecular weight is 486 g/mol. The molecule has 0 aliphatic carbocycles. The average Bonchev–Trinajstić information content (AvgIpc) is 3.35. The minimum Gasteiger partial charge on any atom is -0.495 e. The molecule has 7 nitrogen and oxygen atoms in total. The predicted octanol–water partition coefficient (Wildman–Crippen LogP) is 5.28. The summed E-state index contributed by atoms with van der Waals surface area (Å²) in [5, 5.41) is 0. The van der Waals surface area contributed by atoms with Gasteiger partial charge in [0.1, 0.15) is 5.75 Å². The third-order valence-electron chi connectivity index (χ3n) is 7.25. The van der Waals surface area contributed by atoms with Crippen LogP contribution < -0.4 is 4.74 Å². The molecule has 36 heavy (non-hydrogen) atoms. The summed E-state index contributed by atoms with van der Waals surface area (Å²) in [5.74, 6) is 0.470. The number of benzene rings is 2. The maximum atomic E-state index is 13.8. The molecule has 2 aromatic carbocycles. The highest BCUT2D eigenvalue weighted by molar-refractivity contribution is 5.99. The number of fused-ring (bicyclic) bond motifs is 1. The zero-order valence-corrected chi connectivity index (χ0v) is 20.9. The van der Waals surface area contributed by atoms with Crippen molar-refractivity contribution >= 4 is 18.0 Å². The Balaban J connectivity index is 1.42. The van der Waals surface area contributed by atoms with Gasteiger partial charge in [0.15, 0.2) is 0 Å². The molecule has 0 N–H and O–H groups in total. The Morgan fingerprint density at radius 2 is 1.89 bits per heavy atom. The summed E-state index contributed by atoms with van der Waals surface area (Å²) in [6.45, 7) is 1.95. The van der Waals surface area contributed by atoms with Crippen molar-refractivity contribution in [2.45, 2.75) is 51.1 Å². The van der Waals surface area contributed by atoms with Crippen LogP contribution in [0.25, 0.3) is 11.8 Å². The van der Waals surface area contributed by atoms with Crippen molar-refractivity contribution in [1.82, 2.24) is 14.5 Å². The first-order valence-corrected chi connectivity index (χ1v) is 12.4. The van der Waals surface area contributed by atoms with Crippen LogP contribution in [0.15, 0.2) is 60.6 Å². The van der Waals surface area contributed by atoms with Gasteiger partial charge in [0.2, 0.25) is 0 Å². The van der Waals surface area contributed by atoms with E-state index >= 15 is 0 Å². The second-order valence-electron chi connectivity index (χ2n) is 9.49. The lowest BCUT2D eigenvalue weighted by atomic mass is 9.83. The van der Waals surface area contributed by atoms with Gasteiger partial charge in [-0.1, -0.05) is 18.2 Å². The van der Waals surface area contributed by atoms with Crippen molar-refractivity contribution in [1.29, 1.82) is 0 Å². The van der Waals surface area contributed by atoms with Gasteiger partial charge in [0.05, 0.1) is 43.5 Å². The largest absolute Gasteiger partial charge is 0.495 e. The minimum absolute atomic E-state index is 0.00744. The molecule has 3 heterocycles. The number of esters is 1. The Kier molecular flexibility index (Phi) is 6.63. The minimum atomic E-state index is -0.355. The maximum absolute atomic E-state index is 13.8. The molecular weight excluding hydrogens is 454 g/mol. The summed E-state index contributed by atoms with van der Waals surface area (Å²) < 4.78 is 12.4. The summed E-state index contributed by atoms with van der Waals surface area (Å²) in [6, 6.07) is 13.7. The molecule has 3 aromatic rings. The number of amides is 1. The fraction of sp³-hybridized carbons (Fsp3) is 0.345. The Bertz CT molecular complexity index is 1310. The standard InChI is InChI=1S/C29H31N3O4/c1-19-17-31(18-30-19)26-14-7-20(16-27(26)35-2)15-23-12-13-24-5-4-6-25(32(24)28(23)33)21-8-10-22(11-9-21)29(34)36-3/h7-11,14-18,24-25H,4-6,12-13H2,1-3H3/t24-,25+/m1/s1. The molecule has 2 atom stereocenters. The second-order valence-corrected chi connectivity index (χ2v) is 9.49. The molecule has 0 bridgehead atoms. The number of carbonyl (C=O) groups excluding carboxylic acids is 2. The van der Waals surface area contributed by atoms with Gasteiger partial charge in [-0.2, -0.15) is 0 Å². The van der Waals surface area contributed by atoms with Gasteiger partial charge in [0.25, 0.3) is 5.91 Å². The number of hydrogen-bond acceptors (Lipinski definition) is 5. The molecule has 0 saturated carbocycles. The van der Waals surface area contributed by atoms with Gasteiger partial charge in [-0.25, -0.2) is 9.78 Å². The topological polar surface area (TPSA) is 73.7 Å². The maximum Gasteiger partial charge on any atom is 0.337 e. The quantitative estimate of drug-likeness (QED) is 0.363. The second kappa shape index (κ2) is 10.0. The molecule has 2 aliphatic heterocycles. The summed E-state index contributed by atoms with van der Waals surface area (Å²) in [6.07, 6.45) is 10.5. The van der Waals surface area contributed by atoms with Crippen molar-refractivity contribution in [2.24, 2.45) is 0 Å². The predicted molar refractivity (Wildman–Crippen MR) is 137 cm³/mol. The van der Waals surface area contributed by atoms with Crippen LogP contribution in [0.1, 0.15) is 65.3 Å². The number of aryl methyl sites for hydroxylation is 1. The lowest BCUT2D eigenvalue weighted by molar-refractivity contribution is -0.136. The molecule has 5 rings (SSSR count). The van der Waals surface area contributed by atoms with E-state index < -0.39 is 0 Å². The van der Waals surface area contributed by atoms with Gasteiger partial charge in [0, 0.05) is 17.8 Å². The number of carbonyl (C=O) groups is 2. The molecule has 2 saturated heterocycles. The number of imidazole rings is 1. The van der Waals surface area contributed by atoms with Gasteiger partial charge in [-0.05, 0) is 80.5 Å². The lowest BCUT2D eigenvalue weighted by Crippen LogP contribution is -2.49. The number of rotatable bonds is 5. The summed E-state index contributed by atoms with van der Waals surface area (Å²) >= 11 is 0. The Morgan fingerprint density at radius 1 is 1.08 bits per heavy atom. The lowest BCUT2D eigenvalue weighted by Gasteiger charge is -2.46. The van der Waals surface area contributed by atoms with Crippen LogP contribution in [0.3, 0.4) is 0 Å². The number of ether oxygens (including phenoxy) is 2. The molecule has 0 unspecified atom stereocenters. The highest BCUT2D eigenvalue weighted by atomic mass is 16.5. The molecule has 0 radical (unpaired) electrons. The summed E-state index contributed by atoms with van der Waals surface area (Å²) in [7, 11) is 3.03. The van der Waals surface area contributed by atoms with Gasteiger partial charge >= 0.3 is 5.97 Å². The van der Waals surface area contributed by atoms with E-state index in [0.29, 0.717) is 5.56 Å².